The van der Waals surface area contributed by atoms with Crippen LogP contribution < -0.4 is 0 Å². The van der Waals surface area contributed by atoms with E-state index in [1.807, 2.05) is 13.0 Å². The number of H-pyrrole nitrogens is 1. The highest BCUT2D eigenvalue weighted by molar-refractivity contribution is 6.39. The fraction of sp³-hybridized carbons (Fsp3) is 0.294. The summed E-state index contributed by atoms with van der Waals surface area (Å²) in [5, 5.41) is 13.0. The van der Waals surface area contributed by atoms with Gasteiger partial charge in [-0.1, -0.05) is 34.4 Å². The smallest absolute Gasteiger partial charge is 0.143 e. The third-order valence-corrected chi connectivity index (χ3v) is 4.99. The maximum absolute atomic E-state index is 6.36. The second kappa shape index (κ2) is 5.69. The van der Waals surface area contributed by atoms with Crippen molar-refractivity contribution < 1.29 is 4.52 Å². The lowest BCUT2D eigenvalue weighted by Gasteiger charge is -2.11. The lowest BCUT2D eigenvalue weighted by Crippen LogP contribution is -2.01. The molecule has 4 nitrogen and oxygen atoms in total. The Hall–Kier alpha value is -1.78. The van der Waals surface area contributed by atoms with E-state index in [1.54, 1.807) is 12.1 Å². The van der Waals surface area contributed by atoms with Gasteiger partial charge in [-0.05, 0) is 44.7 Å². The summed E-state index contributed by atoms with van der Waals surface area (Å²) in [6.45, 7) is 1.89. The van der Waals surface area contributed by atoms with Crippen LogP contribution in [0.3, 0.4) is 0 Å². The predicted octanol–water partition coefficient (Wildman–Crippen LogP) is 5.23. The lowest BCUT2D eigenvalue weighted by molar-refractivity contribution is 0.400. The molecule has 0 amide bonds. The number of benzene rings is 1. The Labute approximate surface area is 143 Å². The predicted molar refractivity (Wildman–Crippen MR) is 90.9 cm³/mol. The van der Waals surface area contributed by atoms with Gasteiger partial charge in [0, 0.05) is 16.8 Å². The normalized spacial score (nSPS) is 14.0. The van der Waals surface area contributed by atoms with Crippen molar-refractivity contribution in [3.63, 3.8) is 0 Å². The molecule has 3 aromatic rings. The summed E-state index contributed by atoms with van der Waals surface area (Å²) >= 11 is 12.7. The van der Waals surface area contributed by atoms with E-state index in [-0.39, 0.29) is 0 Å². The molecule has 1 aliphatic carbocycles. The molecule has 0 spiro atoms. The molecule has 2 heterocycles. The van der Waals surface area contributed by atoms with E-state index < -0.39 is 0 Å². The van der Waals surface area contributed by atoms with Gasteiger partial charge in [0.1, 0.15) is 17.1 Å². The first kappa shape index (κ1) is 14.8. The molecule has 118 valence electrons. The molecule has 0 bridgehead atoms. The van der Waals surface area contributed by atoms with Crippen LogP contribution in [-0.4, -0.2) is 15.4 Å². The van der Waals surface area contributed by atoms with Gasteiger partial charge >= 0.3 is 0 Å². The molecule has 0 aliphatic heterocycles. The Morgan fingerprint density at radius 1 is 1.04 bits per heavy atom. The molecule has 0 atom stereocenters. The number of fused-ring (bicyclic) bond motifs is 1. The van der Waals surface area contributed by atoms with Gasteiger partial charge in [-0.3, -0.25) is 5.10 Å². The highest BCUT2D eigenvalue weighted by atomic mass is 35.5. The van der Waals surface area contributed by atoms with Crippen molar-refractivity contribution in [1.82, 2.24) is 15.4 Å². The molecule has 23 heavy (non-hydrogen) atoms. The SMILES string of the molecule is Cc1onc(-c2c(Cl)cccc2Cl)c1-c1n[nH]c2c1CCCC2. The number of aromatic nitrogens is 3. The van der Waals surface area contributed by atoms with Crippen molar-refractivity contribution >= 4 is 23.2 Å². The molecular weight excluding hydrogens is 333 g/mol. The topological polar surface area (TPSA) is 54.7 Å². The molecule has 1 N–H and O–H groups in total. The Bertz CT molecular complexity index is 862. The Morgan fingerprint density at radius 3 is 2.57 bits per heavy atom. The van der Waals surface area contributed by atoms with Crippen molar-refractivity contribution in [3.05, 3.63) is 45.3 Å². The summed E-state index contributed by atoms with van der Waals surface area (Å²) in [4.78, 5) is 0. The largest absolute Gasteiger partial charge is 0.360 e. The Kier molecular flexibility index (Phi) is 3.66. The van der Waals surface area contributed by atoms with Crippen LogP contribution in [0.5, 0.6) is 0 Å². The van der Waals surface area contributed by atoms with Crippen LogP contribution in [0.2, 0.25) is 10.0 Å². The summed E-state index contributed by atoms with van der Waals surface area (Å²) in [5.41, 5.74) is 5.59. The van der Waals surface area contributed by atoms with Gasteiger partial charge in [0.05, 0.1) is 15.6 Å². The van der Waals surface area contributed by atoms with Crippen LogP contribution in [0.1, 0.15) is 29.9 Å². The van der Waals surface area contributed by atoms with Crippen LogP contribution in [-0.2, 0) is 12.8 Å². The number of hydrogen-bond acceptors (Lipinski definition) is 3. The van der Waals surface area contributed by atoms with Gasteiger partial charge in [0.15, 0.2) is 0 Å². The molecule has 0 saturated carbocycles. The average molecular weight is 348 g/mol. The molecule has 0 fully saturated rings. The Balaban J connectivity index is 1.95. The zero-order valence-corrected chi connectivity index (χ0v) is 14.1. The zero-order valence-electron chi connectivity index (χ0n) is 12.6. The minimum absolute atomic E-state index is 0.552. The average Bonchev–Trinajstić information content (AvgIpc) is 3.11. The van der Waals surface area contributed by atoms with Gasteiger partial charge < -0.3 is 4.52 Å². The number of hydrogen-bond donors (Lipinski definition) is 1. The number of nitrogens with zero attached hydrogens (tertiary/aromatic N) is 2. The molecule has 0 saturated heterocycles. The van der Waals surface area contributed by atoms with E-state index in [4.69, 9.17) is 27.7 Å². The first-order valence-electron chi connectivity index (χ1n) is 7.64. The van der Waals surface area contributed by atoms with E-state index in [9.17, 15) is 0 Å². The molecular formula is C17H15Cl2N3O. The van der Waals surface area contributed by atoms with Crippen LogP contribution in [0, 0.1) is 6.92 Å². The van der Waals surface area contributed by atoms with E-state index >= 15 is 0 Å². The maximum Gasteiger partial charge on any atom is 0.143 e. The van der Waals surface area contributed by atoms with Crippen LogP contribution in [0.25, 0.3) is 22.5 Å². The summed E-state index contributed by atoms with van der Waals surface area (Å²) in [6, 6.07) is 5.42. The minimum Gasteiger partial charge on any atom is -0.360 e. The van der Waals surface area contributed by atoms with Crippen molar-refractivity contribution in [2.75, 3.05) is 0 Å². The van der Waals surface area contributed by atoms with Crippen molar-refractivity contribution in [1.29, 1.82) is 0 Å². The summed E-state index contributed by atoms with van der Waals surface area (Å²) < 4.78 is 5.45. The molecule has 4 rings (SSSR count). The van der Waals surface area contributed by atoms with E-state index in [0.29, 0.717) is 21.3 Å². The van der Waals surface area contributed by atoms with Crippen molar-refractivity contribution in [3.8, 4) is 22.5 Å². The monoisotopic (exact) mass is 347 g/mol. The number of rotatable bonds is 2. The van der Waals surface area contributed by atoms with Crippen LogP contribution in [0.4, 0.5) is 0 Å². The van der Waals surface area contributed by atoms with Crippen molar-refractivity contribution in [2.24, 2.45) is 0 Å². The molecule has 0 radical (unpaired) electrons. The zero-order chi connectivity index (χ0) is 16.0. The second-order valence-corrected chi connectivity index (χ2v) is 6.61. The highest BCUT2D eigenvalue weighted by Gasteiger charge is 2.26. The number of nitrogens with one attached hydrogen (secondary N) is 1. The van der Waals surface area contributed by atoms with E-state index in [2.05, 4.69) is 15.4 Å². The van der Waals surface area contributed by atoms with Gasteiger partial charge in [0.25, 0.3) is 0 Å². The molecule has 0 unspecified atom stereocenters. The number of aromatic amines is 1. The fourth-order valence-corrected chi connectivity index (χ4v) is 3.81. The van der Waals surface area contributed by atoms with Crippen molar-refractivity contribution in [2.45, 2.75) is 32.6 Å². The van der Waals surface area contributed by atoms with Gasteiger partial charge in [-0.15, -0.1) is 0 Å². The standard InChI is InChI=1S/C17H15Cl2N3O/c1-9-14(16-10-5-2-3-8-13(10)20-21-16)17(22-23-9)15-11(18)6-4-7-12(15)19/h4,6-7H,2-3,5,8H2,1H3,(H,20,21). The Morgan fingerprint density at radius 2 is 1.78 bits per heavy atom. The minimum atomic E-state index is 0.552. The number of aryl methyl sites for hydroxylation is 2. The first-order valence-corrected chi connectivity index (χ1v) is 8.39. The summed E-state index contributed by atoms with van der Waals surface area (Å²) in [7, 11) is 0. The molecule has 6 heteroatoms. The molecule has 1 aliphatic rings. The maximum atomic E-state index is 6.36. The summed E-state index contributed by atoms with van der Waals surface area (Å²) in [6.07, 6.45) is 4.42. The van der Waals surface area contributed by atoms with Crippen LogP contribution in [0.15, 0.2) is 22.7 Å². The number of halogens is 2. The van der Waals surface area contributed by atoms with E-state index in [0.717, 1.165) is 29.9 Å². The van der Waals surface area contributed by atoms with E-state index in [1.165, 1.54) is 24.1 Å². The lowest BCUT2D eigenvalue weighted by atomic mass is 9.92. The van der Waals surface area contributed by atoms with Gasteiger partial charge in [0.2, 0.25) is 0 Å². The summed E-state index contributed by atoms with van der Waals surface area (Å²) in [5.74, 6) is 0.718. The van der Waals surface area contributed by atoms with Gasteiger partial charge in [-0.2, -0.15) is 5.10 Å². The second-order valence-electron chi connectivity index (χ2n) is 5.80. The fourth-order valence-electron chi connectivity index (χ4n) is 3.23. The highest BCUT2D eigenvalue weighted by Crippen LogP contribution is 2.42. The van der Waals surface area contributed by atoms with Gasteiger partial charge in [-0.25, -0.2) is 0 Å². The quantitative estimate of drug-likeness (QED) is 0.690. The van der Waals surface area contributed by atoms with Crippen LogP contribution >= 0.6 is 23.2 Å². The third kappa shape index (κ3) is 2.37. The molecule has 1 aromatic carbocycles. The molecule has 2 aromatic heterocycles. The first-order chi connectivity index (χ1) is 11.2. The third-order valence-electron chi connectivity index (χ3n) is 4.36.